The van der Waals surface area contributed by atoms with Crippen LogP contribution >= 0.6 is 0 Å². The summed E-state index contributed by atoms with van der Waals surface area (Å²) in [7, 11) is 0. The predicted molar refractivity (Wildman–Crippen MR) is 260 cm³/mol. The largest absolute Gasteiger partial charge is 0.388 e. The molecule has 4 aliphatic carbocycles. The molecule has 0 saturated heterocycles. The van der Waals surface area contributed by atoms with Crippen molar-refractivity contribution in [3.8, 4) is 0 Å². The van der Waals surface area contributed by atoms with E-state index in [1.165, 1.54) is 97.1 Å². The van der Waals surface area contributed by atoms with Gasteiger partial charge in [0.25, 0.3) is 22.7 Å². The van der Waals surface area contributed by atoms with Gasteiger partial charge in [0.15, 0.2) is 0 Å². The molecule has 0 bridgehead atoms. The molecule has 0 unspecified atom stereocenters. The lowest BCUT2D eigenvalue weighted by molar-refractivity contribution is -0.385. The molecule has 20 nitrogen and oxygen atoms in total. The van der Waals surface area contributed by atoms with Crippen LogP contribution in [0.1, 0.15) is 149 Å². The van der Waals surface area contributed by atoms with E-state index >= 15 is 0 Å². The molecule has 4 aliphatic rings. The Morgan fingerprint density at radius 1 is 0.319 bits per heavy atom. The third-order valence-electron chi connectivity index (χ3n) is 13.7. The minimum atomic E-state index is -0.849. The molecule has 4 fully saturated rings. The number of nitro groups is 4. The van der Waals surface area contributed by atoms with E-state index in [-0.39, 0.29) is 69.6 Å². The Kier molecular flexibility index (Phi) is 21.0. The number of hydrogen-bond donors (Lipinski definition) is 4. The van der Waals surface area contributed by atoms with Gasteiger partial charge < -0.3 is 20.4 Å². The number of benzene rings is 4. The summed E-state index contributed by atoms with van der Waals surface area (Å²) in [5.41, 5.74) is 2.23. The predicted octanol–water partition coefficient (Wildman–Crippen LogP) is 9.55. The van der Waals surface area contributed by atoms with E-state index in [0.717, 1.165) is 51.4 Å². The zero-order chi connectivity index (χ0) is 52.5. The van der Waals surface area contributed by atoms with E-state index in [2.05, 4.69) is 0 Å². The number of ketones is 4. The van der Waals surface area contributed by atoms with Crippen LogP contribution in [0.15, 0.2) is 97.1 Å². The highest BCUT2D eigenvalue weighted by molar-refractivity contribution is 5.84. The summed E-state index contributed by atoms with van der Waals surface area (Å²) in [4.78, 5) is 87.0. The van der Waals surface area contributed by atoms with Crippen molar-refractivity contribution in [2.24, 2.45) is 23.7 Å². The monoisotopic (exact) mass is 996 g/mol. The Hall–Kier alpha value is -7.00. The van der Waals surface area contributed by atoms with Crippen molar-refractivity contribution in [2.75, 3.05) is 0 Å². The molecular formula is C52H60N4O16. The van der Waals surface area contributed by atoms with Gasteiger partial charge in [-0.25, -0.2) is 0 Å². The molecule has 0 radical (unpaired) electrons. The van der Waals surface area contributed by atoms with E-state index in [0.29, 0.717) is 73.6 Å². The van der Waals surface area contributed by atoms with Crippen LogP contribution in [0.3, 0.4) is 0 Å². The zero-order valence-corrected chi connectivity index (χ0v) is 39.6. The number of carbonyl (C=O) groups excluding carboxylic acids is 4. The number of rotatable bonds is 12. The second kappa shape index (κ2) is 27.0. The topological polar surface area (TPSA) is 322 Å². The Balaban J connectivity index is 0.000000178. The van der Waals surface area contributed by atoms with E-state index in [1.54, 1.807) is 0 Å². The standard InChI is InChI=1S/4C13H15NO4/c4*15-12-4-2-1-3-11(12)13(16)9-5-7-10(8-6-9)14(17)18/h4*5-8,11,13,16H,1-4H2/t2*11-,13+;2*11-,13-/m1010/s1. The highest BCUT2D eigenvalue weighted by Gasteiger charge is 2.33. The van der Waals surface area contributed by atoms with Crippen LogP contribution in [-0.2, 0) is 19.2 Å². The molecule has 20 heteroatoms. The lowest BCUT2D eigenvalue weighted by Crippen LogP contribution is -2.25. The van der Waals surface area contributed by atoms with Crippen molar-refractivity contribution in [1.29, 1.82) is 0 Å². The molecular weight excluding hydrogens is 937 g/mol. The molecule has 0 aliphatic heterocycles. The van der Waals surface area contributed by atoms with Crippen LogP contribution in [0.2, 0.25) is 0 Å². The number of Topliss-reactive ketones (excluding diaryl/α,β-unsaturated/α-hetero) is 4. The number of non-ortho nitro benzene ring substituents is 4. The van der Waals surface area contributed by atoms with E-state index < -0.39 is 44.1 Å². The van der Waals surface area contributed by atoms with E-state index in [4.69, 9.17) is 0 Å². The molecule has 0 amide bonds. The molecule has 4 aromatic rings. The van der Waals surface area contributed by atoms with E-state index in [1.807, 2.05) is 0 Å². The molecule has 4 saturated carbocycles. The molecule has 0 heterocycles. The minimum Gasteiger partial charge on any atom is -0.388 e. The van der Waals surface area contributed by atoms with Gasteiger partial charge in [-0.05, 0) is 122 Å². The number of hydrogen-bond acceptors (Lipinski definition) is 16. The van der Waals surface area contributed by atoms with Gasteiger partial charge in [-0.1, -0.05) is 25.7 Å². The fraction of sp³-hybridized carbons (Fsp3) is 0.462. The van der Waals surface area contributed by atoms with Gasteiger partial charge in [0.05, 0.1) is 44.1 Å². The molecule has 0 aromatic heterocycles. The Labute approximate surface area is 414 Å². The van der Waals surface area contributed by atoms with Crippen molar-refractivity contribution < 1.29 is 59.3 Å². The maximum absolute atomic E-state index is 11.7. The summed E-state index contributed by atoms with van der Waals surface area (Å²) < 4.78 is 0. The normalized spacial score (nSPS) is 21.6. The van der Waals surface area contributed by atoms with Crippen molar-refractivity contribution in [3.63, 3.8) is 0 Å². The first-order chi connectivity index (χ1) is 34.4. The van der Waals surface area contributed by atoms with Gasteiger partial charge >= 0.3 is 0 Å². The highest BCUT2D eigenvalue weighted by atomic mass is 16.6. The van der Waals surface area contributed by atoms with E-state index in [9.17, 15) is 80.1 Å². The van der Waals surface area contributed by atoms with Gasteiger partial charge in [-0.15, -0.1) is 0 Å². The number of aliphatic hydroxyl groups excluding tert-OH is 4. The highest BCUT2D eigenvalue weighted by Crippen LogP contribution is 2.36. The van der Waals surface area contributed by atoms with Crippen molar-refractivity contribution in [2.45, 2.75) is 127 Å². The second-order valence-corrected chi connectivity index (χ2v) is 18.4. The van der Waals surface area contributed by atoms with Crippen LogP contribution in [0.5, 0.6) is 0 Å². The lowest BCUT2D eigenvalue weighted by Gasteiger charge is -2.25. The summed E-state index contributed by atoms with van der Waals surface area (Å²) in [6.45, 7) is 0. The SMILES string of the molecule is O=C1CCCC[C@@H]1[C@@H](O)c1ccc([N+](=O)[O-])cc1.O=C1CCCC[C@@H]1[C@H](O)c1ccc([N+](=O)[O-])cc1.O=C1CCCC[C@H]1[C@@H](O)c1ccc([N+](=O)[O-])cc1.O=C1CCCC[C@H]1[C@H](O)c1ccc([N+](=O)[O-])cc1. The van der Waals surface area contributed by atoms with Gasteiger partial charge in [0.1, 0.15) is 23.1 Å². The smallest absolute Gasteiger partial charge is 0.269 e. The third kappa shape index (κ3) is 15.5. The quantitative estimate of drug-likeness (QED) is 0.0758. The number of aliphatic hydroxyl groups is 4. The number of nitro benzene ring substituents is 4. The minimum absolute atomic E-state index is 0.0130. The van der Waals surface area contributed by atoms with Crippen molar-refractivity contribution in [1.82, 2.24) is 0 Å². The summed E-state index contributed by atoms with van der Waals surface area (Å²) in [5.74, 6) is -1.08. The van der Waals surface area contributed by atoms with Crippen LogP contribution in [0, 0.1) is 64.1 Å². The van der Waals surface area contributed by atoms with Crippen molar-refractivity contribution >= 4 is 45.9 Å². The second-order valence-electron chi connectivity index (χ2n) is 18.4. The van der Waals surface area contributed by atoms with Gasteiger partial charge in [-0.3, -0.25) is 59.6 Å². The molecule has 4 aromatic carbocycles. The summed E-state index contributed by atoms with van der Waals surface area (Å²) in [6.07, 6.45) is 8.81. The average Bonchev–Trinajstić information content (AvgIpc) is 3.39. The maximum Gasteiger partial charge on any atom is 0.269 e. The fourth-order valence-corrected chi connectivity index (χ4v) is 9.48. The molecule has 0 spiro atoms. The number of nitrogens with zero attached hydrogens (tertiary/aromatic N) is 4. The van der Waals surface area contributed by atoms with Gasteiger partial charge in [0.2, 0.25) is 0 Å². The molecule has 72 heavy (non-hydrogen) atoms. The lowest BCUT2D eigenvalue weighted by atomic mass is 9.82. The van der Waals surface area contributed by atoms with Crippen LogP contribution in [0.25, 0.3) is 0 Å². The van der Waals surface area contributed by atoms with Crippen molar-refractivity contribution in [3.05, 3.63) is 160 Å². The molecule has 8 rings (SSSR count). The fourth-order valence-electron chi connectivity index (χ4n) is 9.48. The molecule has 384 valence electrons. The zero-order valence-electron chi connectivity index (χ0n) is 39.6. The van der Waals surface area contributed by atoms with Crippen LogP contribution in [0.4, 0.5) is 22.7 Å². The first-order valence-electron chi connectivity index (χ1n) is 24.2. The Morgan fingerprint density at radius 3 is 0.625 bits per heavy atom. The first kappa shape index (κ1) is 55.9. The number of carbonyl (C=O) groups is 4. The molecule has 8 atom stereocenters. The average molecular weight is 997 g/mol. The Bertz CT molecular complexity index is 2170. The summed E-state index contributed by atoms with van der Waals surface area (Å²) in [6, 6.07) is 23.0. The first-order valence-corrected chi connectivity index (χ1v) is 24.2. The summed E-state index contributed by atoms with van der Waals surface area (Å²) >= 11 is 0. The van der Waals surface area contributed by atoms with Crippen LogP contribution < -0.4 is 0 Å². The van der Waals surface area contributed by atoms with Crippen LogP contribution in [-0.4, -0.2) is 63.3 Å². The Morgan fingerprint density at radius 2 is 0.486 bits per heavy atom. The van der Waals surface area contributed by atoms with Gasteiger partial charge in [-0.2, -0.15) is 0 Å². The maximum atomic E-state index is 11.7. The third-order valence-corrected chi connectivity index (χ3v) is 13.7. The summed E-state index contributed by atoms with van der Waals surface area (Å²) in [5, 5.41) is 82.7. The van der Waals surface area contributed by atoms with Gasteiger partial charge in [0, 0.05) is 97.9 Å². The molecule has 4 N–H and O–H groups in total.